The van der Waals surface area contributed by atoms with E-state index in [1.165, 1.54) is 11.1 Å². The van der Waals surface area contributed by atoms with E-state index in [-0.39, 0.29) is 12.0 Å². The van der Waals surface area contributed by atoms with E-state index in [4.69, 9.17) is 5.11 Å². The van der Waals surface area contributed by atoms with Crippen LogP contribution in [0.2, 0.25) is 0 Å². The second-order valence-corrected chi connectivity index (χ2v) is 7.36. The van der Waals surface area contributed by atoms with E-state index < -0.39 is 5.97 Å². The summed E-state index contributed by atoms with van der Waals surface area (Å²) in [6.07, 6.45) is 3.34. The van der Waals surface area contributed by atoms with Crippen molar-refractivity contribution < 1.29 is 9.90 Å². The molecule has 0 aromatic heterocycles. The van der Waals surface area contributed by atoms with Gasteiger partial charge in [0.15, 0.2) is 0 Å². The summed E-state index contributed by atoms with van der Waals surface area (Å²) >= 11 is 3.49. The zero-order chi connectivity index (χ0) is 16.9. The van der Waals surface area contributed by atoms with Crippen molar-refractivity contribution in [3.63, 3.8) is 0 Å². The van der Waals surface area contributed by atoms with Gasteiger partial charge >= 0.3 is 5.97 Å². The van der Waals surface area contributed by atoms with Gasteiger partial charge in [0.25, 0.3) is 0 Å². The Kier molecular flexibility index (Phi) is 5.69. The van der Waals surface area contributed by atoms with E-state index in [9.17, 15) is 4.79 Å². The van der Waals surface area contributed by atoms with Gasteiger partial charge in [0.2, 0.25) is 0 Å². The van der Waals surface area contributed by atoms with Crippen LogP contribution in [-0.2, 0) is 4.79 Å². The van der Waals surface area contributed by atoms with Gasteiger partial charge in [-0.25, -0.2) is 0 Å². The molecule has 126 valence electrons. The van der Waals surface area contributed by atoms with Gasteiger partial charge in [-0.3, -0.25) is 4.79 Å². The number of aliphatic carboxylic acids is 1. The van der Waals surface area contributed by atoms with E-state index >= 15 is 0 Å². The lowest BCUT2D eigenvalue weighted by molar-refractivity contribution is -0.142. The standard InChI is InChI=1S/C20H22BrNO2/c21-17-10-6-15(7-11-17)19(14-4-2-1-3-5-14)22-18-12-8-16(9-13-18)20(23)24/h1-7,10-11,16,18-19,22H,8-9,12-13H2,(H,23,24). The highest BCUT2D eigenvalue weighted by Gasteiger charge is 2.27. The average molecular weight is 388 g/mol. The maximum Gasteiger partial charge on any atom is 0.306 e. The summed E-state index contributed by atoms with van der Waals surface area (Å²) in [5.74, 6) is -0.827. The molecule has 2 aromatic carbocycles. The first kappa shape index (κ1) is 17.2. The van der Waals surface area contributed by atoms with Crippen LogP contribution in [0.4, 0.5) is 0 Å². The van der Waals surface area contributed by atoms with Crippen LogP contribution < -0.4 is 5.32 Å². The van der Waals surface area contributed by atoms with Crippen molar-refractivity contribution in [1.29, 1.82) is 0 Å². The molecule has 3 rings (SSSR count). The molecular weight excluding hydrogens is 366 g/mol. The van der Waals surface area contributed by atoms with E-state index in [0.717, 1.165) is 30.2 Å². The molecule has 0 amide bonds. The van der Waals surface area contributed by atoms with Gasteiger partial charge in [0.05, 0.1) is 12.0 Å². The molecule has 1 aliphatic rings. The molecule has 0 spiro atoms. The molecule has 1 aliphatic carbocycles. The molecule has 0 heterocycles. The van der Waals surface area contributed by atoms with Crippen molar-refractivity contribution in [2.75, 3.05) is 0 Å². The molecule has 1 atom stereocenters. The highest BCUT2D eigenvalue weighted by Crippen LogP contribution is 2.29. The second-order valence-electron chi connectivity index (χ2n) is 6.45. The molecule has 0 aliphatic heterocycles. The van der Waals surface area contributed by atoms with Crippen molar-refractivity contribution in [3.05, 3.63) is 70.2 Å². The zero-order valence-corrected chi connectivity index (χ0v) is 15.1. The van der Waals surface area contributed by atoms with Gasteiger partial charge in [-0.05, 0) is 48.9 Å². The lowest BCUT2D eigenvalue weighted by Crippen LogP contribution is -2.37. The highest BCUT2D eigenvalue weighted by molar-refractivity contribution is 9.10. The Morgan fingerprint density at radius 3 is 2.12 bits per heavy atom. The third-order valence-corrected chi connectivity index (χ3v) is 5.34. The number of carbonyl (C=O) groups is 1. The number of carboxylic acid groups (broad SMARTS) is 1. The fraction of sp³-hybridized carbons (Fsp3) is 0.350. The summed E-state index contributed by atoms with van der Waals surface area (Å²) in [6.45, 7) is 0. The Hall–Kier alpha value is -1.65. The third-order valence-electron chi connectivity index (χ3n) is 4.82. The Labute approximate surface area is 151 Å². The van der Waals surface area contributed by atoms with Crippen molar-refractivity contribution in [1.82, 2.24) is 5.32 Å². The third kappa shape index (κ3) is 4.25. The van der Waals surface area contributed by atoms with E-state index in [2.05, 4.69) is 69.8 Å². The predicted octanol–water partition coefficient (Wildman–Crippen LogP) is 4.77. The van der Waals surface area contributed by atoms with Crippen LogP contribution in [0.3, 0.4) is 0 Å². The first-order valence-corrected chi connectivity index (χ1v) is 9.22. The number of hydrogen-bond donors (Lipinski definition) is 2. The molecule has 2 aromatic rings. The molecule has 4 heteroatoms. The minimum absolute atomic E-state index is 0.130. The summed E-state index contributed by atoms with van der Waals surface area (Å²) in [5.41, 5.74) is 2.46. The summed E-state index contributed by atoms with van der Waals surface area (Å²) < 4.78 is 1.07. The van der Waals surface area contributed by atoms with E-state index in [1.807, 2.05) is 6.07 Å². The lowest BCUT2D eigenvalue weighted by Gasteiger charge is -2.31. The molecule has 3 nitrogen and oxygen atoms in total. The average Bonchev–Trinajstić information content (AvgIpc) is 2.62. The van der Waals surface area contributed by atoms with Gasteiger partial charge in [-0.1, -0.05) is 58.4 Å². The topological polar surface area (TPSA) is 49.3 Å². The number of benzene rings is 2. The van der Waals surface area contributed by atoms with Crippen LogP contribution in [0.5, 0.6) is 0 Å². The van der Waals surface area contributed by atoms with Crippen molar-refractivity contribution in [3.8, 4) is 0 Å². The smallest absolute Gasteiger partial charge is 0.306 e. The number of nitrogens with one attached hydrogen (secondary N) is 1. The Morgan fingerprint density at radius 2 is 1.54 bits per heavy atom. The summed E-state index contributed by atoms with van der Waals surface area (Å²) in [5, 5.41) is 12.9. The predicted molar refractivity (Wildman–Crippen MR) is 98.9 cm³/mol. The number of hydrogen-bond acceptors (Lipinski definition) is 2. The van der Waals surface area contributed by atoms with E-state index in [1.54, 1.807) is 0 Å². The minimum atomic E-state index is -0.652. The fourth-order valence-electron chi connectivity index (χ4n) is 3.43. The van der Waals surface area contributed by atoms with Gasteiger partial charge in [0.1, 0.15) is 0 Å². The summed E-state index contributed by atoms with van der Waals surface area (Å²) in [7, 11) is 0. The maximum absolute atomic E-state index is 11.1. The van der Waals surface area contributed by atoms with Crippen LogP contribution in [0.1, 0.15) is 42.9 Å². The molecule has 0 bridgehead atoms. The van der Waals surface area contributed by atoms with Crippen LogP contribution in [-0.4, -0.2) is 17.1 Å². The monoisotopic (exact) mass is 387 g/mol. The second kappa shape index (κ2) is 7.95. The zero-order valence-electron chi connectivity index (χ0n) is 13.5. The first-order valence-electron chi connectivity index (χ1n) is 8.43. The molecule has 1 saturated carbocycles. The van der Waals surface area contributed by atoms with Gasteiger partial charge in [-0.2, -0.15) is 0 Å². The van der Waals surface area contributed by atoms with Crippen molar-refractivity contribution >= 4 is 21.9 Å². The largest absolute Gasteiger partial charge is 0.481 e. The number of carboxylic acids is 1. The van der Waals surface area contributed by atoms with Gasteiger partial charge in [-0.15, -0.1) is 0 Å². The van der Waals surface area contributed by atoms with Crippen molar-refractivity contribution in [2.45, 2.75) is 37.8 Å². The molecule has 2 N–H and O–H groups in total. The van der Waals surface area contributed by atoms with Crippen LogP contribution in [0.25, 0.3) is 0 Å². The van der Waals surface area contributed by atoms with E-state index in [0.29, 0.717) is 6.04 Å². The van der Waals surface area contributed by atoms with Gasteiger partial charge < -0.3 is 10.4 Å². The normalized spacial score (nSPS) is 22.0. The Morgan fingerprint density at radius 1 is 0.958 bits per heavy atom. The highest BCUT2D eigenvalue weighted by atomic mass is 79.9. The summed E-state index contributed by atoms with van der Waals surface area (Å²) in [4.78, 5) is 11.1. The molecule has 0 radical (unpaired) electrons. The van der Waals surface area contributed by atoms with Crippen LogP contribution in [0.15, 0.2) is 59.1 Å². The van der Waals surface area contributed by atoms with Crippen LogP contribution in [0, 0.1) is 5.92 Å². The molecule has 1 unspecified atom stereocenters. The molecule has 1 fully saturated rings. The Bertz CT molecular complexity index is 664. The molecular formula is C20H22BrNO2. The molecule has 24 heavy (non-hydrogen) atoms. The fourth-order valence-corrected chi connectivity index (χ4v) is 3.69. The number of halogens is 1. The lowest BCUT2D eigenvalue weighted by atomic mass is 9.85. The summed E-state index contributed by atoms with van der Waals surface area (Å²) in [6, 6.07) is 19.3. The maximum atomic E-state index is 11.1. The van der Waals surface area contributed by atoms with Crippen LogP contribution >= 0.6 is 15.9 Å². The SMILES string of the molecule is O=C(O)C1CCC(NC(c2ccccc2)c2ccc(Br)cc2)CC1. The van der Waals surface area contributed by atoms with Crippen molar-refractivity contribution in [2.24, 2.45) is 5.92 Å². The first-order chi connectivity index (χ1) is 11.6. The molecule has 0 saturated heterocycles. The van der Waals surface area contributed by atoms with Gasteiger partial charge in [0, 0.05) is 10.5 Å². The number of rotatable bonds is 5. The minimum Gasteiger partial charge on any atom is -0.481 e. The quantitative estimate of drug-likeness (QED) is 0.776. The Balaban J connectivity index is 1.76.